The van der Waals surface area contributed by atoms with Gasteiger partial charge in [-0.25, -0.2) is 0 Å². The summed E-state index contributed by atoms with van der Waals surface area (Å²) in [5.41, 5.74) is 4.59. The smallest absolute Gasteiger partial charge is 0.0326 e. The van der Waals surface area contributed by atoms with E-state index >= 15 is 0 Å². The molecule has 0 aromatic heterocycles. The fourth-order valence-corrected chi connectivity index (χ4v) is 3.69. The van der Waals surface area contributed by atoms with Gasteiger partial charge < -0.3 is 5.32 Å². The van der Waals surface area contributed by atoms with Crippen LogP contribution < -0.4 is 5.32 Å². The van der Waals surface area contributed by atoms with Gasteiger partial charge in [-0.15, -0.1) is 0 Å². The molecular formula is C20H27N. The van der Waals surface area contributed by atoms with Gasteiger partial charge in [-0.05, 0) is 65.6 Å². The Kier molecular flexibility index (Phi) is 4.30. The van der Waals surface area contributed by atoms with Crippen molar-refractivity contribution in [1.29, 1.82) is 0 Å². The number of nitrogens with one attached hydrogen (secondary N) is 1. The molecule has 0 heterocycles. The Balaban J connectivity index is 2.02. The number of benzene rings is 2. The first-order chi connectivity index (χ1) is 10.2. The van der Waals surface area contributed by atoms with Crippen LogP contribution in [0.1, 0.15) is 56.3 Å². The standard InChI is InChI=1S/C20H27N/c1-4-21-19(13-8-14(2)3)17-12-11-16-10-9-15-6-5-7-18(17)20(15)16/h5-7,11-12,14,19,21H,4,8-10,13H2,1-3H3. The predicted octanol–water partition coefficient (Wildman–Crippen LogP) is 5.03. The van der Waals surface area contributed by atoms with Crippen LogP contribution in [0.5, 0.6) is 0 Å². The lowest BCUT2D eigenvalue weighted by Crippen LogP contribution is -2.21. The van der Waals surface area contributed by atoms with Crippen LogP contribution in [-0.2, 0) is 12.8 Å². The molecule has 0 amide bonds. The summed E-state index contributed by atoms with van der Waals surface area (Å²) in [6.45, 7) is 7.88. The number of hydrogen-bond acceptors (Lipinski definition) is 1. The maximum atomic E-state index is 3.71. The van der Waals surface area contributed by atoms with Gasteiger partial charge in [0.25, 0.3) is 0 Å². The van der Waals surface area contributed by atoms with Crippen molar-refractivity contribution in [2.45, 2.75) is 52.5 Å². The van der Waals surface area contributed by atoms with E-state index < -0.39 is 0 Å². The van der Waals surface area contributed by atoms with Crippen molar-refractivity contribution in [3.8, 4) is 0 Å². The van der Waals surface area contributed by atoms with Crippen molar-refractivity contribution in [2.75, 3.05) is 6.54 Å². The fourth-order valence-electron chi connectivity index (χ4n) is 3.69. The largest absolute Gasteiger partial charge is 0.310 e. The second-order valence-corrected chi connectivity index (χ2v) is 6.74. The van der Waals surface area contributed by atoms with Gasteiger partial charge in [-0.1, -0.05) is 51.1 Å². The van der Waals surface area contributed by atoms with E-state index in [2.05, 4.69) is 56.4 Å². The molecule has 0 saturated carbocycles. The highest BCUT2D eigenvalue weighted by atomic mass is 14.9. The molecule has 0 aliphatic heterocycles. The summed E-state index contributed by atoms with van der Waals surface area (Å²) in [5.74, 6) is 0.767. The molecule has 2 aromatic rings. The molecule has 3 rings (SSSR count). The summed E-state index contributed by atoms with van der Waals surface area (Å²) >= 11 is 0. The minimum absolute atomic E-state index is 0.488. The van der Waals surface area contributed by atoms with Crippen LogP contribution in [-0.4, -0.2) is 6.54 Å². The normalized spacial score (nSPS) is 15.0. The van der Waals surface area contributed by atoms with Gasteiger partial charge >= 0.3 is 0 Å². The first-order valence-electron chi connectivity index (χ1n) is 8.47. The molecule has 1 nitrogen and oxygen atoms in total. The SMILES string of the molecule is CCNC(CCC(C)C)c1ccc2c3c(cccc13)CC2. The first kappa shape index (κ1) is 14.6. The van der Waals surface area contributed by atoms with Crippen molar-refractivity contribution in [1.82, 2.24) is 5.32 Å². The minimum Gasteiger partial charge on any atom is -0.310 e. The highest BCUT2D eigenvalue weighted by molar-refractivity contribution is 5.93. The van der Waals surface area contributed by atoms with E-state index in [0.29, 0.717) is 6.04 Å². The number of hydrogen-bond donors (Lipinski definition) is 1. The zero-order valence-corrected chi connectivity index (χ0v) is 13.6. The lowest BCUT2D eigenvalue weighted by molar-refractivity contribution is 0.450. The number of rotatable bonds is 6. The van der Waals surface area contributed by atoms with Crippen LogP contribution in [0.4, 0.5) is 0 Å². The molecule has 1 aliphatic carbocycles. The maximum absolute atomic E-state index is 3.71. The Morgan fingerprint density at radius 2 is 1.76 bits per heavy atom. The van der Waals surface area contributed by atoms with E-state index in [1.165, 1.54) is 36.6 Å². The Hall–Kier alpha value is -1.34. The lowest BCUT2D eigenvalue weighted by Gasteiger charge is -2.22. The third-order valence-electron chi connectivity index (χ3n) is 4.77. The van der Waals surface area contributed by atoms with Crippen molar-refractivity contribution in [3.63, 3.8) is 0 Å². The van der Waals surface area contributed by atoms with Gasteiger partial charge in [0.1, 0.15) is 0 Å². The molecule has 0 radical (unpaired) electrons. The van der Waals surface area contributed by atoms with Gasteiger partial charge in [0.2, 0.25) is 0 Å². The average Bonchev–Trinajstić information content (AvgIpc) is 2.90. The van der Waals surface area contributed by atoms with Gasteiger partial charge in [-0.2, -0.15) is 0 Å². The monoisotopic (exact) mass is 281 g/mol. The highest BCUT2D eigenvalue weighted by Gasteiger charge is 2.19. The second kappa shape index (κ2) is 6.19. The van der Waals surface area contributed by atoms with Crippen LogP contribution in [0.25, 0.3) is 10.8 Å². The molecule has 21 heavy (non-hydrogen) atoms. The van der Waals surface area contributed by atoms with Crippen LogP contribution in [0.2, 0.25) is 0 Å². The molecule has 1 N–H and O–H groups in total. The molecule has 112 valence electrons. The molecule has 1 heteroatoms. The second-order valence-electron chi connectivity index (χ2n) is 6.74. The third-order valence-corrected chi connectivity index (χ3v) is 4.77. The summed E-state index contributed by atoms with van der Waals surface area (Å²) in [6, 6.07) is 12.1. The maximum Gasteiger partial charge on any atom is 0.0326 e. The van der Waals surface area contributed by atoms with E-state index in [4.69, 9.17) is 0 Å². The molecule has 1 unspecified atom stereocenters. The van der Waals surface area contributed by atoms with E-state index in [9.17, 15) is 0 Å². The van der Waals surface area contributed by atoms with Crippen molar-refractivity contribution in [3.05, 3.63) is 47.0 Å². The van der Waals surface area contributed by atoms with Gasteiger partial charge in [0, 0.05) is 6.04 Å². The zero-order valence-electron chi connectivity index (χ0n) is 13.6. The summed E-state index contributed by atoms with van der Waals surface area (Å²) in [7, 11) is 0. The number of aryl methyl sites for hydroxylation is 2. The quantitative estimate of drug-likeness (QED) is 0.783. The van der Waals surface area contributed by atoms with E-state index in [0.717, 1.165) is 12.5 Å². The molecular weight excluding hydrogens is 254 g/mol. The Morgan fingerprint density at radius 1 is 1.00 bits per heavy atom. The zero-order chi connectivity index (χ0) is 14.8. The summed E-state index contributed by atoms with van der Waals surface area (Å²) in [4.78, 5) is 0. The minimum atomic E-state index is 0.488. The van der Waals surface area contributed by atoms with Crippen LogP contribution >= 0.6 is 0 Å². The summed E-state index contributed by atoms with van der Waals surface area (Å²) in [5, 5.41) is 6.73. The van der Waals surface area contributed by atoms with Crippen molar-refractivity contribution in [2.24, 2.45) is 5.92 Å². The Bertz CT molecular complexity index is 617. The molecule has 0 spiro atoms. The highest BCUT2D eigenvalue weighted by Crippen LogP contribution is 2.36. The lowest BCUT2D eigenvalue weighted by atomic mass is 9.91. The van der Waals surface area contributed by atoms with Gasteiger partial charge in [0.05, 0.1) is 0 Å². The van der Waals surface area contributed by atoms with E-state index in [1.54, 1.807) is 16.5 Å². The molecule has 0 bridgehead atoms. The average molecular weight is 281 g/mol. The molecule has 0 fully saturated rings. The summed E-state index contributed by atoms with van der Waals surface area (Å²) < 4.78 is 0. The predicted molar refractivity (Wildman–Crippen MR) is 91.8 cm³/mol. The Labute approximate surface area is 128 Å². The van der Waals surface area contributed by atoms with Gasteiger partial charge in [-0.3, -0.25) is 0 Å². The van der Waals surface area contributed by atoms with E-state index in [-0.39, 0.29) is 0 Å². The van der Waals surface area contributed by atoms with Crippen LogP contribution in [0.15, 0.2) is 30.3 Å². The van der Waals surface area contributed by atoms with E-state index in [1.807, 2.05) is 0 Å². The van der Waals surface area contributed by atoms with Crippen molar-refractivity contribution >= 4 is 10.8 Å². The topological polar surface area (TPSA) is 12.0 Å². The molecule has 1 atom stereocenters. The fraction of sp³-hybridized carbons (Fsp3) is 0.500. The molecule has 1 aliphatic rings. The molecule has 0 saturated heterocycles. The molecule has 2 aromatic carbocycles. The third kappa shape index (κ3) is 2.85. The van der Waals surface area contributed by atoms with Gasteiger partial charge in [0.15, 0.2) is 0 Å². The van der Waals surface area contributed by atoms with Crippen LogP contribution in [0.3, 0.4) is 0 Å². The van der Waals surface area contributed by atoms with Crippen molar-refractivity contribution < 1.29 is 0 Å². The Morgan fingerprint density at radius 3 is 2.48 bits per heavy atom. The summed E-state index contributed by atoms with van der Waals surface area (Å²) in [6.07, 6.45) is 4.94. The van der Waals surface area contributed by atoms with Crippen LogP contribution in [0, 0.1) is 5.92 Å². The first-order valence-corrected chi connectivity index (χ1v) is 8.47.